The summed E-state index contributed by atoms with van der Waals surface area (Å²) in [6, 6.07) is 17.6. The number of halogens is 1. The third kappa shape index (κ3) is 8.09. The number of rotatable bonds is 11. The second-order valence-corrected chi connectivity index (χ2v) is 13.4. The van der Waals surface area contributed by atoms with Crippen molar-refractivity contribution in [3.63, 3.8) is 0 Å². The molecule has 43 heavy (non-hydrogen) atoms. The predicted octanol–water partition coefficient (Wildman–Crippen LogP) is 6.03. The van der Waals surface area contributed by atoms with Crippen LogP contribution in [-0.2, 0) is 26.2 Å². The fourth-order valence-corrected chi connectivity index (χ4v) is 6.75. The lowest BCUT2D eigenvalue weighted by Gasteiger charge is -2.33. The van der Waals surface area contributed by atoms with E-state index >= 15 is 0 Å². The largest absolute Gasteiger partial charge is 0.497 e. The molecule has 0 bridgehead atoms. The zero-order chi connectivity index (χ0) is 31.1. The molecule has 3 aromatic rings. The van der Waals surface area contributed by atoms with Crippen LogP contribution in [0.15, 0.2) is 71.6 Å². The third-order valence-electron chi connectivity index (χ3n) is 8.09. The molecule has 1 unspecified atom stereocenters. The summed E-state index contributed by atoms with van der Waals surface area (Å²) in [5.74, 6) is -0.0929. The van der Waals surface area contributed by atoms with Gasteiger partial charge in [-0.2, -0.15) is 0 Å². The highest BCUT2D eigenvalue weighted by molar-refractivity contribution is 7.92. The number of anilines is 1. The topological polar surface area (TPSA) is 96.0 Å². The molecule has 0 aliphatic heterocycles. The molecule has 1 aliphatic carbocycles. The van der Waals surface area contributed by atoms with E-state index in [1.165, 1.54) is 29.2 Å². The Morgan fingerprint density at radius 3 is 2.21 bits per heavy atom. The number of amides is 2. The summed E-state index contributed by atoms with van der Waals surface area (Å²) in [6.07, 6.45) is 5.08. The molecule has 1 aliphatic rings. The van der Waals surface area contributed by atoms with Crippen molar-refractivity contribution in [2.45, 2.75) is 76.4 Å². The van der Waals surface area contributed by atoms with Gasteiger partial charge in [0.25, 0.3) is 10.0 Å². The Morgan fingerprint density at radius 2 is 1.60 bits per heavy atom. The van der Waals surface area contributed by atoms with Gasteiger partial charge in [-0.05, 0) is 98.8 Å². The molecule has 0 heterocycles. The highest BCUT2D eigenvalue weighted by Crippen LogP contribution is 2.27. The van der Waals surface area contributed by atoms with E-state index in [2.05, 4.69) is 5.32 Å². The van der Waals surface area contributed by atoms with Gasteiger partial charge >= 0.3 is 0 Å². The molecular weight excluding hydrogens is 586 g/mol. The molecule has 4 rings (SSSR count). The molecule has 3 aromatic carbocycles. The van der Waals surface area contributed by atoms with Crippen LogP contribution >= 0.6 is 11.6 Å². The maximum Gasteiger partial charge on any atom is 0.264 e. The molecule has 1 saturated carbocycles. The summed E-state index contributed by atoms with van der Waals surface area (Å²) < 4.78 is 34.4. The van der Waals surface area contributed by atoms with E-state index in [1.807, 2.05) is 32.0 Å². The zero-order valence-corrected chi connectivity index (χ0v) is 26.7. The number of carbonyl (C=O) groups is 2. The Hall–Kier alpha value is -3.56. The molecule has 0 saturated heterocycles. The van der Waals surface area contributed by atoms with E-state index in [0.717, 1.165) is 53.1 Å². The standard InChI is InChI=1S/C33H40ClN3O5S/c1-23-10-15-29(20-24(23)2)37(43(40,41)31-18-13-27(34)14-19-31)22-32(38)36(21-26-11-16-30(42-4)17-12-26)25(3)33(39)35-28-8-6-5-7-9-28/h10-20,25,28H,5-9,21-22H2,1-4H3,(H,35,39). The van der Waals surface area contributed by atoms with Gasteiger partial charge in [-0.15, -0.1) is 0 Å². The minimum atomic E-state index is -4.17. The first-order chi connectivity index (χ1) is 20.5. The number of ether oxygens (including phenoxy) is 1. The molecular formula is C33H40ClN3O5S. The monoisotopic (exact) mass is 625 g/mol. The smallest absolute Gasteiger partial charge is 0.264 e. The van der Waals surface area contributed by atoms with Gasteiger partial charge in [-0.1, -0.05) is 49.1 Å². The molecule has 0 aromatic heterocycles. The number of aryl methyl sites for hydroxylation is 2. The first-order valence-electron chi connectivity index (χ1n) is 14.6. The van der Waals surface area contributed by atoms with Crippen molar-refractivity contribution in [1.29, 1.82) is 0 Å². The number of hydrogen-bond acceptors (Lipinski definition) is 5. The van der Waals surface area contributed by atoms with E-state index in [1.54, 1.807) is 38.3 Å². The van der Waals surface area contributed by atoms with E-state index in [0.29, 0.717) is 16.5 Å². The van der Waals surface area contributed by atoms with Crippen molar-refractivity contribution < 1.29 is 22.7 Å². The number of benzene rings is 3. The minimum absolute atomic E-state index is 0.00715. The van der Waals surface area contributed by atoms with Crippen molar-refractivity contribution in [3.8, 4) is 5.75 Å². The van der Waals surface area contributed by atoms with Crippen LogP contribution in [0.2, 0.25) is 5.02 Å². The van der Waals surface area contributed by atoms with Gasteiger partial charge in [0.2, 0.25) is 11.8 Å². The predicted molar refractivity (Wildman–Crippen MR) is 170 cm³/mol. The Balaban J connectivity index is 1.69. The van der Waals surface area contributed by atoms with Crippen LogP contribution in [-0.4, -0.2) is 50.9 Å². The van der Waals surface area contributed by atoms with Crippen LogP contribution in [0.1, 0.15) is 55.7 Å². The number of nitrogens with one attached hydrogen (secondary N) is 1. The van der Waals surface area contributed by atoms with E-state index < -0.39 is 28.5 Å². The average molecular weight is 626 g/mol. The van der Waals surface area contributed by atoms with Gasteiger partial charge in [-0.3, -0.25) is 13.9 Å². The average Bonchev–Trinajstić information content (AvgIpc) is 3.00. The van der Waals surface area contributed by atoms with E-state index in [9.17, 15) is 18.0 Å². The van der Waals surface area contributed by atoms with Crippen LogP contribution < -0.4 is 14.4 Å². The lowest BCUT2D eigenvalue weighted by atomic mass is 9.95. The number of methoxy groups -OCH3 is 1. The molecule has 0 radical (unpaired) electrons. The molecule has 1 fully saturated rings. The maximum atomic E-state index is 14.2. The minimum Gasteiger partial charge on any atom is -0.497 e. The van der Waals surface area contributed by atoms with Crippen molar-refractivity contribution in [1.82, 2.24) is 10.2 Å². The molecule has 1 atom stereocenters. The normalized spacial score (nSPS) is 14.5. The molecule has 1 N–H and O–H groups in total. The lowest BCUT2D eigenvalue weighted by Crippen LogP contribution is -2.53. The Bertz CT molecular complexity index is 1520. The van der Waals surface area contributed by atoms with Gasteiger partial charge in [0.15, 0.2) is 0 Å². The quantitative estimate of drug-likeness (QED) is 0.281. The van der Waals surface area contributed by atoms with Crippen LogP contribution in [0.5, 0.6) is 5.75 Å². The van der Waals surface area contributed by atoms with Crippen molar-refractivity contribution >= 4 is 39.1 Å². The fourth-order valence-electron chi connectivity index (χ4n) is 5.22. The Labute approximate surface area is 260 Å². The Kier molecular flexibility index (Phi) is 10.7. The SMILES string of the molecule is COc1ccc(CN(C(=O)CN(c2ccc(C)c(C)c2)S(=O)(=O)c2ccc(Cl)cc2)C(C)C(=O)NC2CCCCC2)cc1. The second-order valence-electron chi connectivity index (χ2n) is 11.1. The van der Waals surface area contributed by atoms with Crippen molar-refractivity contribution in [2.24, 2.45) is 0 Å². The van der Waals surface area contributed by atoms with Gasteiger partial charge in [0.05, 0.1) is 17.7 Å². The van der Waals surface area contributed by atoms with E-state index in [4.69, 9.17) is 16.3 Å². The van der Waals surface area contributed by atoms with E-state index in [-0.39, 0.29) is 23.4 Å². The van der Waals surface area contributed by atoms with Crippen LogP contribution in [0.25, 0.3) is 0 Å². The van der Waals surface area contributed by atoms with Gasteiger partial charge in [-0.25, -0.2) is 8.42 Å². The van der Waals surface area contributed by atoms with Crippen molar-refractivity contribution in [3.05, 3.63) is 88.4 Å². The molecule has 2 amide bonds. The highest BCUT2D eigenvalue weighted by atomic mass is 35.5. The van der Waals surface area contributed by atoms with Crippen LogP contribution in [0.3, 0.4) is 0 Å². The number of sulfonamides is 1. The fraction of sp³-hybridized carbons (Fsp3) is 0.394. The van der Waals surface area contributed by atoms with Crippen LogP contribution in [0, 0.1) is 13.8 Å². The number of hydrogen-bond donors (Lipinski definition) is 1. The summed E-state index contributed by atoms with van der Waals surface area (Å²) in [4.78, 5) is 29.1. The summed E-state index contributed by atoms with van der Waals surface area (Å²) >= 11 is 6.04. The van der Waals surface area contributed by atoms with Gasteiger partial charge in [0.1, 0.15) is 18.3 Å². The van der Waals surface area contributed by atoms with Gasteiger partial charge < -0.3 is 15.0 Å². The first-order valence-corrected chi connectivity index (χ1v) is 16.4. The molecule has 0 spiro atoms. The van der Waals surface area contributed by atoms with Crippen LogP contribution in [0.4, 0.5) is 5.69 Å². The summed E-state index contributed by atoms with van der Waals surface area (Å²) in [6.45, 7) is 5.13. The third-order valence-corrected chi connectivity index (χ3v) is 10.1. The van der Waals surface area contributed by atoms with Gasteiger partial charge in [0, 0.05) is 17.6 Å². The maximum absolute atomic E-state index is 14.2. The molecule has 8 nitrogen and oxygen atoms in total. The Morgan fingerprint density at radius 1 is 0.953 bits per heavy atom. The molecule has 10 heteroatoms. The number of nitrogens with zero attached hydrogens (tertiary/aromatic N) is 2. The highest BCUT2D eigenvalue weighted by Gasteiger charge is 2.33. The summed E-state index contributed by atoms with van der Waals surface area (Å²) in [5.41, 5.74) is 3.02. The summed E-state index contributed by atoms with van der Waals surface area (Å²) in [5, 5.41) is 3.52. The number of carbonyl (C=O) groups excluding carboxylic acids is 2. The first kappa shape index (κ1) is 32.4. The second kappa shape index (κ2) is 14.3. The van der Waals surface area contributed by atoms with Crippen molar-refractivity contribution in [2.75, 3.05) is 18.0 Å². The lowest BCUT2D eigenvalue weighted by molar-refractivity contribution is -0.139. The molecule has 230 valence electrons. The zero-order valence-electron chi connectivity index (χ0n) is 25.2. The summed E-state index contributed by atoms with van der Waals surface area (Å²) in [7, 11) is -2.60.